The highest BCUT2D eigenvalue weighted by Crippen LogP contribution is 2.19. The molecule has 2 nitrogen and oxygen atoms in total. The highest BCUT2D eigenvalue weighted by molar-refractivity contribution is 6.17. The van der Waals surface area contributed by atoms with Gasteiger partial charge in [-0.05, 0) is 23.8 Å². The molecule has 0 saturated heterocycles. The molecule has 0 spiro atoms. The molecular weight excluding hydrogens is 186 g/mol. The van der Waals surface area contributed by atoms with E-state index >= 15 is 0 Å². The van der Waals surface area contributed by atoms with E-state index in [4.69, 9.17) is 16.0 Å². The van der Waals surface area contributed by atoms with Crippen LogP contribution in [0.3, 0.4) is 0 Å². The van der Waals surface area contributed by atoms with Gasteiger partial charge in [0, 0.05) is 23.8 Å². The first-order valence-electron chi connectivity index (χ1n) is 3.94. The van der Waals surface area contributed by atoms with Crippen LogP contribution in [-0.2, 0) is 5.88 Å². The predicted octanol–water partition coefficient (Wildman–Crippen LogP) is 3.08. The van der Waals surface area contributed by atoms with E-state index in [0.29, 0.717) is 5.88 Å². The molecule has 0 aliphatic carbocycles. The number of halogens is 1. The van der Waals surface area contributed by atoms with Gasteiger partial charge in [0.25, 0.3) is 0 Å². The van der Waals surface area contributed by atoms with Crippen molar-refractivity contribution >= 4 is 11.6 Å². The van der Waals surface area contributed by atoms with Crippen LogP contribution in [0.1, 0.15) is 5.56 Å². The number of pyridine rings is 1. The Hall–Kier alpha value is -1.28. The third-order valence-electron chi connectivity index (χ3n) is 1.75. The standard InChI is InChI=1S/C10H8ClNO/c11-5-8-4-9(7-12-6-8)10-2-1-3-13-10/h1-4,6-7H,5H2. The smallest absolute Gasteiger partial charge is 0.135 e. The molecule has 3 heteroatoms. The minimum Gasteiger partial charge on any atom is -0.464 e. The van der Waals surface area contributed by atoms with Gasteiger partial charge in [0.05, 0.1) is 6.26 Å². The Bertz CT molecular complexity index is 384. The summed E-state index contributed by atoms with van der Waals surface area (Å²) in [6.07, 6.45) is 5.15. The van der Waals surface area contributed by atoms with E-state index in [0.717, 1.165) is 16.9 Å². The fourth-order valence-electron chi connectivity index (χ4n) is 1.14. The molecule has 0 N–H and O–H groups in total. The van der Waals surface area contributed by atoms with Crippen LogP contribution in [-0.4, -0.2) is 4.98 Å². The van der Waals surface area contributed by atoms with E-state index in [9.17, 15) is 0 Å². The summed E-state index contributed by atoms with van der Waals surface area (Å²) < 4.78 is 5.24. The van der Waals surface area contributed by atoms with Crippen LogP contribution < -0.4 is 0 Å². The molecule has 2 aromatic rings. The minimum absolute atomic E-state index is 0.474. The van der Waals surface area contributed by atoms with E-state index in [-0.39, 0.29) is 0 Å². The van der Waals surface area contributed by atoms with Crippen LogP contribution in [0.15, 0.2) is 41.3 Å². The molecule has 0 aromatic carbocycles. The van der Waals surface area contributed by atoms with Crippen LogP contribution in [0, 0.1) is 0 Å². The second-order valence-corrected chi connectivity index (χ2v) is 2.96. The van der Waals surface area contributed by atoms with Crippen molar-refractivity contribution in [3.63, 3.8) is 0 Å². The van der Waals surface area contributed by atoms with Crippen molar-refractivity contribution in [2.45, 2.75) is 5.88 Å². The van der Waals surface area contributed by atoms with E-state index < -0.39 is 0 Å². The third kappa shape index (κ3) is 1.73. The molecule has 2 heterocycles. The van der Waals surface area contributed by atoms with Gasteiger partial charge in [-0.15, -0.1) is 11.6 Å². The molecule has 0 atom stereocenters. The predicted molar refractivity (Wildman–Crippen MR) is 51.5 cm³/mol. The maximum Gasteiger partial charge on any atom is 0.135 e. The molecule has 2 aromatic heterocycles. The number of hydrogen-bond donors (Lipinski definition) is 0. The Morgan fingerprint density at radius 1 is 1.38 bits per heavy atom. The molecule has 13 heavy (non-hydrogen) atoms. The normalized spacial score (nSPS) is 10.2. The lowest BCUT2D eigenvalue weighted by molar-refractivity contribution is 0.582. The minimum atomic E-state index is 0.474. The summed E-state index contributed by atoms with van der Waals surface area (Å²) in [6.45, 7) is 0. The molecular formula is C10H8ClNO. The summed E-state index contributed by atoms with van der Waals surface area (Å²) in [6, 6.07) is 5.72. The number of furan rings is 1. The second-order valence-electron chi connectivity index (χ2n) is 2.69. The van der Waals surface area contributed by atoms with Crippen molar-refractivity contribution < 1.29 is 4.42 Å². The van der Waals surface area contributed by atoms with Crippen LogP contribution in [0.5, 0.6) is 0 Å². The quantitative estimate of drug-likeness (QED) is 0.686. The maximum absolute atomic E-state index is 5.69. The van der Waals surface area contributed by atoms with Crippen molar-refractivity contribution in [2.75, 3.05) is 0 Å². The van der Waals surface area contributed by atoms with Crippen molar-refractivity contribution in [1.29, 1.82) is 0 Å². The first-order chi connectivity index (χ1) is 6.40. The highest BCUT2D eigenvalue weighted by atomic mass is 35.5. The van der Waals surface area contributed by atoms with E-state index in [1.54, 1.807) is 18.7 Å². The van der Waals surface area contributed by atoms with Gasteiger partial charge >= 0.3 is 0 Å². The van der Waals surface area contributed by atoms with Crippen LogP contribution >= 0.6 is 11.6 Å². The Morgan fingerprint density at radius 2 is 2.31 bits per heavy atom. The fraction of sp³-hybridized carbons (Fsp3) is 0.100. The second kappa shape index (κ2) is 3.62. The molecule has 0 radical (unpaired) electrons. The third-order valence-corrected chi connectivity index (χ3v) is 2.06. The summed E-state index contributed by atoms with van der Waals surface area (Å²) in [4.78, 5) is 4.07. The van der Waals surface area contributed by atoms with Crippen molar-refractivity contribution in [2.24, 2.45) is 0 Å². The first kappa shape index (κ1) is 8.32. The zero-order valence-corrected chi connectivity index (χ0v) is 7.66. The lowest BCUT2D eigenvalue weighted by Gasteiger charge is -1.98. The van der Waals surface area contributed by atoms with Gasteiger partial charge in [-0.3, -0.25) is 4.98 Å². The average Bonchev–Trinajstić information content (AvgIpc) is 2.71. The van der Waals surface area contributed by atoms with E-state index in [1.165, 1.54) is 0 Å². The lowest BCUT2D eigenvalue weighted by atomic mass is 10.2. The number of hydrogen-bond acceptors (Lipinski definition) is 2. The summed E-state index contributed by atoms with van der Waals surface area (Å²) in [7, 11) is 0. The molecule has 2 rings (SSSR count). The molecule has 0 unspecified atom stereocenters. The summed E-state index contributed by atoms with van der Waals surface area (Å²) in [5, 5.41) is 0. The van der Waals surface area contributed by atoms with Crippen molar-refractivity contribution in [3.8, 4) is 11.3 Å². The van der Waals surface area contributed by atoms with Gasteiger partial charge < -0.3 is 4.42 Å². The molecule has 0 saturated carbocycles. The van der Waals surface area contributed by atoms with Gasteiger partial charge in [0.2, 0.25) is 0 Å². The number of alkyl halides is 1. The van der Waals surface area contributed by atoms with Crippen LogP contribution in [0.4, 0.5) is 0 Å². The first-order valence-corrected chi connectivity index (χ1v) is 4.47. The summed E-state index contributed by atoms with van der Waals surface area (Å²) in [5.74, 6) is 1.29. The fourth-order valence-corrected chi connectivity index (χ4v) is 1.28. The van der Waals surface area contributed by atoms with Gasteiger partial charge in [0.15, 0.2) is 0 Å². The van der Waals surface area contributed by atoms with E-state index in [1.807, 2.05) is 18.2 Å². The van der Waals surface area contributed by atoms with Crippen LogP contribution in [0.25, 0.3) is 11.3 Å². The molecule has 0 aliphatic heterocycles. The number of rotatable bonds is 2. The largest absolute Gasteiger partial charge is 0.464 e. The van der Waals surface area contributed by atoms with Crippen LogP contribution in [0.2, 0.25) is 0 Å². The Morgan fingerprint density at radius 3 is 3.00 bits per heavy atom. The Balaban J connectivity index is 2.41. The SMILES string of the molecule is ClCc1cncc(-c2ccco2)c1. The monoisotopic (exact) mass is 193 g/mol. The molecule has 0 aliphatic rings. The number of aromatic nitrogens is 1. The summed E-state index contributed by atoms with van der Waals surface area (Å²) >= 11 is 5.69. The Labute approximate surface area is 81.2 Å². The van der Waals surface area contributed by atoms with Crippen molar-refractivity contribution in [3.05, 3.63) is 42.4 Å². The van der Waals surface area contributed by atoms with Crippen molar-refractivity contribution in [1.82, 2.24) is 4.98 Å². The molecule has 0 fully saturated rings. The van der Waals surface area contributed by atoms with Gasteiger partial charge in [-0.25, -0.2) is 0 Å². The molecule has 66 valence electrons. The molecule has 0 amide bonds. The highest BCUT2D eigenvalue weighted by Gasteiger charge is 2.01. The Kier molecular flexibility index (Phi) is 2.32. The zero-order valence-electron chi connectivity index (χ0n) is 6.90. The summed E-state index contributed by atoms with van der Waals surface area (Å²) in [5.41, 5.74) is 1.96. The molecule has 0 bridgehead atoms. The number of nitrogens with zero attached hydrogens (tertiary/aromatic N) is 1. The maximum atomic E-state index is 5.69. The lowest BCUT2D eigenvalue weighted by Crippen LogP contribution is -1.82. The van der Waals surface area contributed by atoms with Gasteiger partial charge in [-0.1, -0.05) is 0 Å². The van der Waals surface area contributed by atoms with Gasteiger partial charge in [-0.2, -0.15) is 0 Å². The van der Waals surface area contributed by atoms with Gasteiger partial charge in [0.1, 0.15) is 5.76 Å². The topological polar surface area (TPSA) is 26.0 Å². The average molecular weight is 194 g/mol. The van der Waals surface area contributed by atoms with E-state index in [2.05, 4.69) is 4.98 Å². The zero-order chi connectivity index (χ0) is 9.10.